The number of ketones is 1. The fourth-order valence-electron chi connectivity index (χ4n) is 1.27. The molecule has 2 rings (SSSR count). The van der Waals surface area contributed by atoms with Crippen LogP contribution in [0.2, 0.25) is 0 Å². The second-order valence-corrected chi connectivity index (χ2v) is 4.16. The third-order valence-electron chi connectivity index (χ3n) is 1.91. The lowest BCUT2D eigenvalue weighted by molar-refractivity contribution is -0.152. The molecule has 4 nitrogen and oxygen atoms in total. The molecule has 0 saturated carbocycles. The van der Waals surface area contributed by atoms with E-state index in [1.54, 1.807) is 6.08 Å². The van der Waals surface area contributed by atoms with Crippen molar-refractivity contribution in [3.05, 3.63) is 12.2 Å². The second kappa shape index (κ2) is 2.65. The molecule has 1 heterocycles. The summed E-state index contributed by atoms with van der Waals surface area (Å²) in [4.78, 5) is 22.2. The zero-order valence-corrected chi connectivity index (χ0v) is 8.41. The highest BCUT2D eigenvalue weighted by Gasteiger charge is 2.56. The molecule has 0 aromatic rings. The summed E-state index contributed by atoms with van der Waals surface area (Å²) in [7, 11) is 0. The Morgan fingerprint density at radius 1 is 1.77 bits per heavy atom. The fourth-order valence-corrected chi connectivity index (χ4v) is 1.88. The first-order valence-corrected chi connectivity index (χ1v) is 4.60. The van der Waals surface area contributed by atoms with Crippen molar-refractivity contribution in [2.24, 2.45) is 0 Å². The molecule has 1 aliphatic carbocycles. The van der Waals surface area contributed by atoms with Crippen molar-refractivity contribution in [3.8, 4) is 0 Å². The van der Waals surface area contributed by atoms with Gasteiger partial charge in [-0.05, 0) is 22.0 Å². The van der Waals surface area contributed by atoms with Gasteiger partial charge in [0.15, 0.2) is 6.10 Å². The number of Topliss-reactive ketones (excluding diaryl/α,β-unsaturated/α-hetero) is 1. The van der Waals surface area contributed by atoms with E-state index in [9.17, 15) is 9.59 Å². The molecule has 70 valence electrons. The topological polar surface area (TPSA) is 55.9 Å². The molecule has 13 heavy (non-hydrogen) atoms. The molecule has 0 bridgehead atoms. The average molecular weight is 247 g/mol. The van der Waals surface area contributed by atoms with Crippen molar-refractivity contribution in [2.75, 3.05) is 0 Å². The number of rotatable bonds is 1. The van der Waals surface area contributed by atoms with Crippen LogP contribution in [0.15, 0.2) is 12.2 Å². The molecule has 2 aliphatic rings. The molecule has 3 unspecified atom stereocenters. The van der Waals surface area contributed by atoms with Crippen LogP contribution in [0.4, 0.5) is 0 Å². The van der Waals surface area contributed by atoms with Crippen molar-refractivity contribution in [3.63, 3.8) is 0 Å². The number of hydrogen-bond donors (Lipinski definition) is 0. The number of hydrogen-bond acceptors (Lipinski definition) is 4. The van der Waals surface area contributed by atoms with Crippen molar-refractivity contribution in [2.45, 2.75) is 23.6 Å². The Morgan fingerprint density at radius 3 is 3.08 bits per heavy atom. The van der Waals surface area contributed by atoms with Gasteiger partial charge in [-0.3, -0.25) is 9.59 Å². The van der Waals surface area contributed by atoms with E-state index < -0.39 is 16.6 Å². The zero-order valence-electron chi connectivity index (χ0n) is 6.82. The third-order valence-corrected chi connectivity index (χ3v) is 2.73. The zero-order chi connectivity index (χ0) is 9.64. The van der Waals surface area contributed by atoms with Gasteiger partial charge in [0, 0.05) is 6.92 Å². The second-order valence-electron chi connectivity index (χ2n) is 2.98. The summed E-state index contributed by atoms with van der Waals surface area (Å²) >= 11 is 3.07. The highest BCUT2D eigenvalue weighted by molar-refractivity contribution is 9.10. The maximum absolute atomic E-state index is 11.5. The number of carbonyl (C=O) groups excluding carboxylic acids is 2. The number of halogens is 1. The summed E-state index contributed by atoms with van der Waals surface area (Å²) in [5, 5.41) is 0. The molecule has 1 fully saturated rings. The van der Waals surface area contributed by atoms with Gasteiger partial charge in [0.25, 0.3) is 0 Å². The van der Waals surface area contributed by atoms with Crippen molar-refractivity contribution >= 4 is 27.7 Å². The van der Waals surface area contributed by atoms with Crippen LogP contribution in [0, 0.1) is 0 Å². The third kappa shape index (κ3) is 1.42. The first kappa shape index (κ1) is 8.90. The lowest BCUT2D eigenvalue weighted by atomic mass is 10.0. The molecule has 1 aliphatic heterocycles. The highest BCUT2D eigenvalue weighted by atomic mass is 79.9. The van der Waals surface area contributed by atoms with Crippen LogP contribution in [0.25, 0.3) is 0 Å². The minimum atomic E-state index is -1.31. The Kier molecular flexibility index (Phi) is 1.82. The summed E-state index contributed by atoms with van der Waals surface area (Å²) in [5.41, 5.74) is 0. The van der Waals surface area contributed by atoms with Crippen molar-refractivity contribution in [1.29, 1.82) is 0 Å². The van der Waals surface area contributed by atoms with E-state index in [0.29, 0.717) is 0 Å². The SMILES string of the molecule is CC(=O)OC1(Br)C=CC2OC2C1=O. The number of esters is 1. The maximum Gasteiger partial charge on any atom is 0.304 e. The first-order chi connectivity index (χ1) is 6.03. The Bertz CT molecular complexity index is 311. The van der Waals surface area contributed by atoms with E-state index in [1.165, 1.54) is 13.0 Å². The van der Waals surface area contributed by atoms with Gasteiger partial charge in [-0.2, -0.15) is 0 Å². The normalized spacial score (nSPS) is 41.2. The number of alkyl halides is 1. The van der Waals surface area contributed by atoms with Gasteiger partial charge in [0.05, 0.1) is 0 Å². The quantitative estimate of drug-likeness (QED) is 0.294. The van der Waals surface area contributed by atoms with Gasteiger partial charge in [-0.1, -0.05) is 6.08 Å². The predicted octanol–water partition coefficient (Wildman–Crippen LogP) is 0.547. The number of ether oxygens (including phenoxy) is 2. The Hall–Kier alpha value is -0.680. The molecule has 1 saturated heterocycles. The largest absolute Gasteiger partial charge is 0.436 e. The molecule has 0 radical (unpaired) electrons. The van der Waals surface area contributed by atoms with Crippen LogP contribution in [0.1, 0.15) is 6.92 Å². The average Bonchev–Trinajstić information content (AvgIpc) is 2.75. The van der Waals surface area contributed by atoms with Crippen LogP contribution >= 0.6 is 15.9 Å². The van der Waals surface area contributed by atoms with Crippen LogP contribution in [-0.2, 0) is 19.1 Å². The summed E-state index contributed by atoms with van der Waals surface area (Å²) < 4.78 is 8.55. The van der Waals surface area contributed by atoms with E-state index in [0.717, 1.165) is 0 Å². The molecular formula is C8H7BrO4. The molecule has 0 aromatic heterocycles. The fraction of sp³-hybridized carbons (Fsp3) is 0.500. The monoisotopic (exact) mass is 246 g/mol. The van der Waals surface area contributed by atoms with Crippen LogP contribution in [0.3, 0.4) is 0 Å². The van der Waals surface area contributed by atoms with Gasteiger partial charge in [-0.15, -0.1) is 0 Å². The van der Waals surface area contributed by atoms with Crippen molar-refractivity contribution < 1.29 is 19.1 Å². The minimum Gasteiger partial charge on any atom is -0.436 e. The standard InChI is InChI=1S/C8H7BrO4/c1-4(10)13-8(9)3-2-5-6(12-5)7(8)11/h2-3,5-6H,1H3. The lowest BCUT2D eigenvalue weighted by Gasteiger charge is -2.22. The summed E-state index contributed by atoms with van der Waals surface area (Å²) in [5.74, 6) is -0.760. The number of fused-ring (bicyclic) bond motifs is 1. The molecule has 0 amide bonds. The first-order valence-electron chi connectivity index (χ1n) is 3.80. The van der Waals surface area contributed by atoms with Gasteiger partial charge in [-0.25, -0.2) is 0 Å². The van der Waals surface area contributed by atoms with Gasteiger partial charge in [0.1, 0.15) is 6.10 Å². The molecular weight excluding hydrogens is 240 g/mol. The van der Waals surface area contributed by atoms with E-state index in [4.69, 9.17) is 9.47 Å². The Labute approximate surface area is 83.0 Å². The smallest absolute Gasteiger partial charge is 0.304 e. The Morgan fingerprint density at radius 2 is 2.46 bits per heavy atom. The van der Waals surface area contributed by atoms with Crippen LogP contribution in [-0.4, -0.2) is 28.5 Å². The Balaban J connectivity index is 2.21. The van der Waals surface area contributed by atoms with Crippen molar-refractivity contribution in [1.82, 2.24) is 0 Å². The van der Waals surface area contributed by atoms with E-state index >= 15 is 0 Å². The van der Waals surface area contributed by atoms with E-state index in [2.05, 4.69) is 15.9 Å². The predicted molar refractivity (Wildman–Crippen MR) is 46.2 cm³/mol. The van der Waals surface area contributed by atoms with Gasteiger partial charge in [0.2, 0.25) is 10.3 Å². The lowest BCUT2D eigenvalue weighted by Crippen LogP contribution is -2.40. The molecule has 3 atom stereocenters. The van der Waals surface area contributed by atoms with Gasteiger partial charge >= 0.3 is 5.97 Å². The molecule has 0 N–H and O–H groups in total. The maximum atomic E-state index is 11.5. The number of epoxide rings is 1. The minimum absolute atomic E-state index is 0.117. The van der Waals surface area contributed by atoms with E-state index in [-0.39, 0.29) is 11.9 Å². The number of carbonyl (C=O) groups is 2. The summed E-state index contributed by atoms with van der Waals surface area (Å²) in [6.07, 6.45) is 2.66. The van der Waals surface area contributed by atoms with Gasteiger partial charge < -0.3 is 9.47 Å². The molecule has 0 aromatic carbocycles. The highest BCUT2D eigenvalue weighted by Crippen LogP contribution is 2.39. The van der Waals surface area contributed by atoms with Crippen LogP contribution < -0.4 is 0 Å². The molecule has 5 heteroatoms. The van der Waals surface area contributed by atoms with Crippen LogP contribution in [0.5, 0.6) is 0 Å². The summed E-state index contributed by atoms with van der Waals surface area (Å²) in [6, 6.07) is 0. The molecule has 0 spiro atoms. The summed E-state index contributed by atoms with van der Waals surface area (Å²) in [6.45, 7) is 1.25. The van der Waals surface area contributed by atoms with E-state index in [1.807, 2.05) is 0 Å².